The van der Waals surface area contributed by atoms with Gasteiger partial charge < -0.3 is 20.1 Å². The maximum atomic E-state index is 12.7. The Morgan fingerprint density at radius 1 is 1.17 bits per heavy atom. The molecule has 2 aliphatic rings. The largest absolute Gasteiger partial charge is 0.444 e. The van der Waals surface area contributed by atoms with Crippen molar-refractivity contribution in [2.45, 2.75) is 64.2 Å². The monoisotopic (exact) mass is 403 g/mol. The molecule has 0 bridgehead atoms. The molecule has 156 valence electrons. The molecule has 1 aliphatic heterocycles. The molecule has 0 saturated carbocycles. The van der Waals surface area contributed by atoms with Crippen LogP contribution in [0.15, 0.2) is 18.2 Å². The van der Waals surface area contributed by atoms with Gasteiger partial charge in [0.15, 0.2) is 0 Å². The van der Waals surface area contributed by atoms with E-state index in [1.807, 2.05) is 0 Å². The fraction of sp³-hybridized carbons (Fsp3) is 0.500. The van der Waals surface area contributed by atoms with Gasteiger partial charge in [0.1, 0.15) is 11.1 Å². The average molecular weight is 403 g/mol. The lowest BCUT2D eigenvalue weighted by molar-refractivity contribution is -0.132. The Balaban J connectivity index is 1.72. The molecule has 1 saturated heterocycles. The molecule has 0 radical (unpaired) electrons. The number of rotatable bonds is 3. The van der Waals surface area contributed by atoms with E-state index in [9.17, 15) is 19.2 Å². The predicted molar refractivity (Wildman–Crippen MR) is 103 cm³/mol. The first-order valence-electron chi connectivity index (χ1n) is 9.33. The van der Waals surface area contributed by atoms with E-state index in [1.54, 1.807) is 52.8 Å². The van der Waals surface area contributed by atoms with Crippen molar-refractivity contribution in [3.05, 3.63) is 29.3 Å². The standard InChI is InChI=1S/C20H25N3O6/c1-18(2,3)28-17(27)23-19(4,5)14(24)21-12-6-7-13-11(10-12)8-9-20(13)15(25)22-16(26)29-20/h6-7,10H,8-9H2,1-5H3,(H,21,24)(H,23,27)(H,22,25,26)/t20-/m1/s1. The van der Waals surface area contributed by atoms with Gasteiger partial charge in [-0.05, 0) is 58.7 Å². The number of carbonyl (C=O) groups excluding carboxylic acids is 4. The van der Waals surface area contributed by atoms with Crippen LogP contribution < -0.4 is 16.0 Å². The minimum Gasteiger partial charge on any atom is -0.444 e. The second-order valence-corrected chi connectivity index (χ2v) is 8.75. The van der Waals surface area contributed by atoms with Gasteiger partial charge in [-0.1, -0.05) is 6.07 Å². The number of ether oxygens (including phenoxy) is 2. The molecule has 1 fully saturated rings. The second-order valence-electron chi connectivity index (χ2n) is 8.75. The second kappa shape index (κ2) is 6.75. The smallest absolute Gasteiger partial charge is 0.415 e. The van der Waals surface area contributed by atoms with Gasteiger partial charge in [0.2, 0.25) is 11.5 Å². The molecule has 0 unspecified atom stereocenters. The highest BCUT2D eigenvalue weighted by Crippen LogP contribution is 2.43. The highest BCUT2D eigenvalue weighted by Gasteiger charge is 2.54. The zero-order valence-corrected chi connectivity index (χ0v) is 17.1. The molecule has 1 aromatic carbocycles. The van der Waals surface area contributed by atoms with Gasteiger partial charge in [0.05, 0.1) is 0 Å². The Labute approximate surface area is 168 Å². The number of carbonyl (C=O) groups is 4. The molecule has 9 heteroatoms. The summed E-state index contributed by atoms with van der Waals surface area (Å²) in [5.41, 5.74) is -1.25. The quantitative estimate of drug-likeness (QED) is 0.712. The molecule has 1 heterocycles. The SMILES string of the molecule is CC(C)(C)OC(=O)NC(C)(C)C(=O)Nc1ccc2c(c1)CC[C@@]21OC(=O)NC1=O. The number of hydrogen-bond donors (Lipinski definition) is 3. The number of amides is 4. The number of fused-ring (bicyclic) bond motifs is 2. The fourth-order valence-electron chi connectivity index (χ4n) is 3.39. The zero-order valence-electron chi connectivity index (χ0n) is 17.1. The summed E-state index contributed by atoms with van der Waals surface area (Å²) >= 11 is 0. The Morgan fingerprint density at radius 3 is 2.45 bits per heavy atom. The number of hydrogen-bond acceptors (Lipinski definition) is 6. The number of alkyl carbamates (subject to hydrolysis) is 2. The lowest BCUT2D eigenvalue weighted by Crippen LogP contribution is -2.53. The summed E-state index contributed by atoms with van der Waals surface area (Å²) in [5.74, 6) is -0.901. The summed E-state index contributed by atoms with van der Waals surface area (Å²) < 4.78 is 10.5. The Kier molecular flexibility index (Phi) is 4.80. The fourth-order valence-corrected chi connectivity index (χ4v) is 3.39. The third-order valence-corrected chi connectivity index (χ3v) is 4.77. The molecule has 9 nitrogen and oxygen atoms in total. The highest BCUT2D eigenvalue weighted by atomic mass is 16.6. The summed E-state index contributed by atoms with van der Waals surface area (Å²) in [6, 6.07) is 5.04. The van der Waals surface area contributed by atoms with E-state index < -0.39 is 40.7 Å². The van der Waals surface area contributed by atoms with Crippen LogP contribution in [0.5, 0.6) is 0 Å². The molecule has 3 N–H and O–H groups in total. The van der Waals surface area contributed by atoms with E-state index in [1.165, 1.54) is 0 Å². The summed E-state index contributed by atoms with van der Waals surface area (Å²) in [5, 5.41) is 7.48. The van der Waals surface area contributed by atoms with Crippen LogP contribution in [0.1, 0.15) is 52.2 Å². The van der Waals surface area contributed by atoms with Crippen molar-refractivity contribution in [1.82, 2.24) is 10.6 Å². The third kappa shape index (κ3) is 4.03. The lowest BCUT2D eigenvalue weighted by Gasteiger charge is -2.27. The number of anilines is 1. The topological polar surface area (TPSA) is 123 Å². The molecule has 1 atom stereocenters. The maximum absolute atomic E-state index is 12.7. The van der Waals surface area contributed by atoms with E-state index in [4.69, 9.17) is 9.47 Å². The summed E-state index contributed by atoms with van der Waals surface area (Å²) in [7, 11) is 0. The van der Waals surface area contributed by atoms with Crippen LogP contribution in [0.2, 0.25) is 0 Å². The van der Waals surface area contributed by atoms with Crippen molar-refractivity contribution in [3.8, 4) is 0 Å². The van der Waals surface area contributed by atoms with E-state index in [0.717, 1.165) is 5.56 Å². The summed E-state index contributed by atoms with van der Waals surface area (Å²) in [6.45, 7) is 8.34. The minimum atomic E-state index is -1.29. The van der Waals surface area contributed by atoms with Crippen molar-refractivity contribution in [1.29, 1.82) is 0 Å². The van der Waals surface area contributed by atoms with Crippen molar-refractivity contribution < 1.29 is 28.7 Å². The minimum absolute atomic E-state index is 0.350. The van der Waals surface area contributed by atoms with E-state index >= 15 is 0 Å². The molecule has 1 spiro atoms. The highest BCUT2D eigenvalue weighted by molar-refractivity contribution is 6.04. The average Bonchev–Trinajstić information content (AvgIpc) is 3.05. The van der Waals surface area contributed by atoms with Gasteiger partial charge in [-0.3, -0.25) is 14.9 Å². The van der Waals surface area contributed by atoms with Gasteiger partial charge in [-0.25, -0.2) is 9.59 Å². The normalized spacial score (nSPS) is 20.7. The number of nitrogens with one attached hydrogen (secondary N) is 3. The van der Waals surface area contributed by atoms with Crippen LogP contribution >= 0.6 is 0 Å². The molecular weight excluding hydrogens is 378 g/mol. The van der Waals surface area contributed by atoms with Gasteiger partial charge >= 0.3 is 12.2 Å². The van der Waals surface area contributed by atoms with Gasteiger partial charge in [-0.15, -0.1) is 0 Å². The Hall–Kier alpha value is -3.10. The van der Waals surface area contributed by atoms with E-state index in [0.29, 0.717) is 24.1 Å². The van der Waals surface area contributed by atoms with Crippen molar-refractivity contribution in [3.63, 3.8) is 0 Å². The Morgan fingerprint density at radius 2 is 1.86 bits per heavy atom. The molecule has 1 aromatic rings. The van der Waals surface area contributed by atoms with Crippen LogP contribution in [0, 0.1) is 0 Å². The zero-order chi connectivity index (χ0) is 21.6. The van der Waals surface area contributed by atoms with Crippen molar-refractivity contribution >= 4 is 29.7 Å². The van der Waals surface area contributed by atoms with Crippen molar-refractivity contribution in [2.75, 3.05) is 5.32 Å². The van der Waals surface area contributed by atoms with Crippen LogP contribution in [-0.2, 0) is 31.1 Å². The van der Waals surface area contributed by atoms with Gasteiger partial charge in [0, 0.05) is 17.7 Å². The first kappa shape index (κ1) is 20.6. The number of imide groups is 1. The molecule has 0 aromatic heterocycles. The molecule has 3 rings (SSSR count). The molecule has 29 heavy (non-hydrogen) atoms. The van der Waals surface area contributed by atoms with E-state index in [2.05, 4.69) is 16.0 Å². The number of aryl methyl sites for hydroxylation is 1. The lowest BCUT2D eigenvalue weighted by atomic mass is 9.95. The molecule has 4 amide bonds. The summed E-state index contributed by atoms with van der Waals surface area (Å²) in [6.07, 6.45) is -0.569. The van der Waals surface area contributed by atoms with Gasteiger partial charge in [-0.2, -0.15) is 0 Å². The number of benzene rings is 1. The first-order valence-corrected chi connectivity index (χ1v) is 9.33. The van der Waals surface area contributed by atoms with E-state index in [-0.39, 0.29) is 0 Å². The van der Waals surface area contributed by atoms with Crippen molar-refractivity contribution in [2.24, 2.45) is 0 Å². The molecular formula is C20H25N3O6. The van der Waals surface area contributed by atoms with Crippen LogP contribution in [0.4, 0.5) is 15.3 Å². The first-order chi connectivity index (χ1) is 13.3. The molecule has 1 aliphatic carbocycles. The Bertz CT molecular complexity index is 902. The van der Waals surface area contributed by atoms with Crippen LogP contribution in [0.3, 0.4) is 0 Å². The third-order valence-electron chi connectivity index (χ3n) is 4.77. The van der Waals surface area contributed by atoms with Crippen LogP contribution in [0.25, 0.3) is 0 Å². The predicted octanol–water partition coefficient (Wildman–Crippen LogP) is 2.34. The van der Waals surface area contributed by atoms with Gasteiger partial charge in [0.25, 0.3) is 5.91 Å². The summed E-state index contributed by atoms with van der Waals surface area (Å²) in [4.78, 5) is 48.3. The van der Waals surface area contributed by atoms with Crippen LogP contribution in [-0.4, -0.2) is 35.1 Å². The maximum Gasteiger partial charge on any atom is 0.415 e.